The summed E-state index contributed by atoms with van der Waals surface area (Å²) in [5, 5.41) is 0.557. The molecule has 2 aromatic heterocycles. The van der Waals surface area contributed by atoms with Gasteiger partial charge in [0.15, 0.2) is 11.9 Å². The van der Waals surface area contributed by atoms with Gasteiger partial charge in [-0.1, -0.05) is 0 Å². The molecule has 24 heavy (non-hydrogen) atoms. The summed E-state index contributed by atoms with van der Waals surface area (Å²) in [5.41, 5.74) is 0.638. The number of nitrogens with zero attached hydrogens (tertiary/aromatic N) is 1. The Morgan fingerprint density at radius 1 is 1.29 bits per heavy atom. The number of nitrogens with one attached hydrogen (secondary N) is 1. The molecule has 1 atom stereocenters. The van der Waals surface area contributed by atoms with Crippen LogP contribution in [0.15, 0.2) is 16.9 Å². The molecule has 0 aliphatic rings. The second-order valence-electron chi connectivity index (χ2n) is 5.08. The summed E-state index contributed by atoms with van der Waals surface area (Å²) in [6, 6.07) is 0. The number of hydrogen-bond donors (Lipinski definition) is 1. The topological polar surface area (TPSA) is 98.3 Å². The molecule has 0 saturated heterocycles. The molecule has 128 valence electrons. The maximum Gasteiger partial charge on any atom is 0.331 e. The van der Waals surface area contributed by atoms with Gasteiger partial charge in [0, 0.05) is 17.0 Å². The molecule has 0 aromatic carbocycles. The zero-order valence-corrected chi connectivity index (χ0v) is 14.7. The van der Waals surface area contributed by atoms with Crippen LogP contribution in [-0.2, 0) is 19.1 Å². The molecule has 0 bridgehead atoms. The third-order valence-electron chi connectivity index (χ3n) is 3.38. The summed E-state index contributed by atoms with van der Waals surface area (Å²) >= 11 is 1.42. The average Bonchev–Trinajstić information content (AvgIpc) is 2.80. The summed E-state index contributed by atoms with van der Waals surface area (Å²) in [4.78, 5) is 43.7. The number of fused-ring (bicyclic) bond motifs is 1. The summed E-state index contributed by atoms with van der Waals surface area (Å²) in [6.07, 6.45) is 1.21. The largest absolute Gasteiger partial charge is 0.463 e. The van der Waals surface area contributed by atoms with Crippen molar-refractivity contribution < 1.29 is 19.1 Å². The van der Waals surface area contributed by atoms with Crippen molar-refractivity contribution in [2.24, 2.45) is 0 Å². The number of thiophene rings is 1. The SMILES string of the molecule is CCOC(=O)/C=C/C(=O)O[C@@H](C)c1nc2sc(C)c(C)c2c(=O)[nH]1. The van der Waals surface area contributed by atoms with E-state index >= 15 is 0 Å². The number of aromatic amines is 1. The third kappa shape index (κ3) is 3.88. The van der Waals surface area contributed by atoms with Gasteiger partial charge in [-0.05, 0) is 33.3 Å². The predicted molar refractivity (Wildman–Crippen MR) is 90.0 cm³/mol. The van der Waals surface area contributed by atoms with Gasteiger partial charge >= 0.3 is 11.9 Å². The van der Waals surface area contributed by atoms with Crippen molar-refractivity contribution in [1.82, 2.24) is 9.97 Å². The minimum absolute atomic E-state index is 0.222. The number of esters is 2. The molecule has 0 radical (unpaired) electrons. The van der Waals surface area contributed by atoms with Crippen molar-refractivity contribution in [3.63, 3.8) is 0 Å². The number of carbonyl (C=O) groups is 2. The van der Waals surface area contributed by atoms with Crippen LogP contribution in [0, 0.1) is 13.8 Å². The van der Waals surface area contributed by atoms with Crippen molar-refractivity contribution in [3.8, 4) is 0 Å². The lowest BCUT2D eigenvalue weighted by Crippen LogP contribution is -2.16. The lowest BCUT2D eigenvalue weighted by atomic mass is 10.2. The monoisotopic (exact) mass is 350 g/mol. The van der Waals surface area contributed by atoms with Crippen molar-refractivity contribution >= 4 is 33.5 Å². The van der Waals surface area contributed by atoms with E-state index in [0.717, 1.165) is 22.6 Å². The first-order chi connectivity index (χ1) is 11.3. The Morgan fingerprint density at radius 3 is 2.62 bits per heavy atom. The van der Waals surface area contributed by atoms with Crippen molar-refractivity contribution in [2.45, 2.75) is 33.8 Å². The molecular weight excluding hydrogens is 332 g/mol. The summed E-state index contributed by atoms with van der Waals surface area (Å²) in [5.74, 6) is -1.09. The van der Waals surface area contributed by atoms with Crippen LogP contribution in [0.3, 0.4) is 0 Å². The first-order valence-corrected chi connectivity index (χ1v) is 8.20. The van der Waals surface area contributed by atoms with E-state index in [2.05, 4.69) is 14.7 Å². The van der Waals surface area contributed by atoms with Crippen LogP contribution < -0.4 is 5.56 Å². The van der Waals surface area contributed by atoms with E-state index in [9.17, 15) is 14.4 Å². The minimum Gasteiger partial charge on any atom is -0.463 e. The Labute approximate surface area is 142 Å². The molecule has 7 nitrogen and oxygen atoms in total. The van der Waals surface area contributed by atoms with Crippen molar-refractivity contribution in [2.75, 3.05) is 6.61 Å². The number of aryl methyl sites for hydroxylation is 2. The second-order valence-corrected chi connectivity index (χ2v) is 6.28. The van der Waals surface area contributed by atoms with Gasteiger partial charge in [0.25, 0.3) is 5.56 Å². The molecule has 0 unspecified atom stereocenters. The van der Waals surface area contributed by atoms with Crippen LogP contribution in [0.2, 0.25) is 0 Å². The fourth-order valence-electron chi connectivity index (χ4n) is 2.06. The molecule has 0 fully saturated rings. The average molecular weight is 350 g/mol. The Hall–Kier alpha value is -2.48. The minimum atomic E-state index is -0.760. The molecular formula is C16H18N2O5S. The van der Waals surface area contributed by atoms with Crippen LogP contribution in [0.4, 0.5) is 0 Å². The molecule has 0 amide bonds. The van der Waals surface area contributed by atoms with Crippen LogP contribution in [0.1, 0.15) is 36.2 Å². The molecule has 2 heterocycles. The maximum absolute atomic E-state index is 12.2. The zero-order chi connectivity index (χ0) is 17.9. The van der Waals surface area contributed by atoms with E-state index < -0.39 is 18.0 Å². The van der Waals surface area contributed by atoms with E-state index in [-0.39, 0.29) is 18.0 Å². The van der Waals surface area contributed by atoms with E-state index in [1.807, 2.05) is 13.8 Å². The fraction of sp³-hybridized carbons (Fsp3) is 0.375. The fourth-order valence-corrected chi connectivity index (χ4v) is 3.10. The lowest BCUT2D eigenvalue weighted by Gasteiger charge is -2.10. The number of rotatable bonds is 5. The van der Waals surface area contributed by atoms with E-state index in [1.165, 1.54) is 11.3 Å². The van der Waals surface area contributed by atoms with Crippen LogP contribution in [0.5, 0.6) is 0 Å². The number of aromatic nitrogens is 2. The van der Waals surface area contributed by atoms with E-state index in [4.69, 9.17) is 4.74 Å². The van der Waals surface area contributed by atoms with E-state index in [0.29, 0.717) is 10.2 Å². The summed E-state index contributed by atoms with van der Waals surface area (Å²) in [6.45, 7) is 7.27. The van der Waals surface area contributed by atoms with Crippen LogP contribution in [0.25, 0.3) is 10.2 Å². The molecule has 0 aliphatic carbocycles. The molecule has 2 rings (SSSR count). The first kappa shape index (κ1) is 17.9. The highest BCUT2D eigenvalue weighted by Crippen LogP contribution is 2.26. The Balaban J connectivity index is 2.17. The maximum atomic E-state index is 12.2. The first-order valence-electron chi connectivity index (χ1n) is 7.38. The van der Waals surface area contributed by atoms with Gasteiger partial charge in [-0.15, -0.1) is 11.3 Å². The van der Waals surface area contributed by atoms with Gasteiger partial charge in [0.1, 0.15) is 4.83 Å². The predicted octanol–water partition coefficient (Wildman–Crippen LogP) is 2.32. The Kier molecular flexibility index (Phi) is 5.50. The number of hydrogen-bond acceptors (Lipinski definition) is 7. The van der Waals surface area contributed by atoms with Crippen LogP contribution >= 0.6 is 11.3 Å². The van der Waals surface area contributed by atoms with E-state index in [1.54, 1.807) is 13.8 Å². The highest BCUT2D eigenvalue weighted by molar-refractivity contribution is 7.18. The lowest BCUT2D eigenvalue weighted by molar-refractivity contribution is -0.144. The van der Waals surface area contributed by atoms with Gasteiger partial charge in [-0.2, -0.15) is 0 Å². The summed E-state index contributed by atoms with van der Waals surface area (Å²) in [7, 11) is 0. The second kappa shape index (κ2) is 7.39. The van der Waals surface area contributed by atoms with Crippen molar-refractivity contribution in [3.05, 3.63) is 38.8 Å². The Morgan fingerprint density at radius 2 is 1.96 bits per heavy atom. The highest BCUT2D eigenvalue weighted by atomic mass is 32.1. The van der Waals surface area contributed by atoms with Gasteiger partial charge < -0.3 is 14.5 Å². The Bertz CT molecular complexity index is 865. The smallest absolute Gasteiger partial charge is 0.331 e. The summed E-state index contributed by atoms with van der Waals surface area (Å²) < 4.78 is 9.81. The highest BCUT2D eigenvalue weighted by Gasteiger charge is 2.17. The molecule has 8 heteroatoms. The van der Waals surface area contributed by atoms with Gasteiger partial charge in [0.2, 0.25) is 0 Å². The normalized spacial score (nSPS) is 12.5. The van der Waals surface area contributed by atoms with Gasteiger partial charge in [-0.25, -0.2) is 14.6 Å². The standard InChI is InChI=1S/C16H18N2O5S/c1-5-22-11(19)6-7-12(20)23-9(3)14-17-15(21)13-8(2)10(4)24-16(13)18-14/h6-7,9H,5H2,1-4H3,(H,17,18,21)/b7-6+/t9-/m0/s1. The number of carbonyl (C=O) groups excluding carboxylic acids is 2. The van der Waals surface area contributed by atoms with Gasteiger partial charge in [0.05, 0.1) is 12.0 Å². The third-order valence-corrected chi connectivity index (χ3v) is 4.48. The quantitative estimate of drug-likeness (QED) is 0.656. The molecule has 0 saturated carbocycles. The number of H-pyrrole nitrogens is 1. The molecule has 1 N–H and O–H groups in total. The van der Waals surface area contributed by atoms with Crippen molar-refractivity contribution in [1.29, 1.82) is 0 Å². The molecule has 0 aliphatic heterocycles. The molecule has 2 aromatic rings. The number of ether oxygens (including phenoxy) is 2. The van der Waals surface area contributed by atoms with Crippen LogP contribution in [-0.4, -0.2) is 28.5 Å². The zero-order valence-electron chi connectivity index (χ0n) is 13.8. The van der Waals surface area contributed by atoms with Gasteiger partial charge in [-0.3, -0.25) is 4.79 Å². The molecule has 0 spiro atoms.